The highest BCUT2D eigenvalue weighted by Gasteiger charge is 2.09. The Kier molecular flexibility index (Phi) is 5.10. The first-order valence-electron chi connectivity index (χ1n) is 6.74. The molecule has 0 aliphatic carbocycles. The molecular weight excluding hydrogens is 274 g/mol. The molecule has 4 heteroatoms. The molecule has 1 heterocycles. The summed E-state index contributed by atoms with van der Waals surface area (Å²) in [5, 5.41) is 3.96. The maximum atomic E-state index is 6.15. The molecule has 0 saturated heterocycles. The molecule has 0 radical (unpaired) electrons. The van der Waals surface area contributed by atoms with E-state index in [1.54, 1.807) is 6.26 Å². The van der Waals surface area contributed by atoms with Crippen molar-refractivity contribution < 1.29 is 9.15 Å². The van der Waals surface area contributed by atoms with E-state index in [1.165, 1.54) is 0 Å². The predicted octanol–water partition coefficient (Wildman–Crippen LogP) is 4.32. The zero-order valence-electron chi connectivity index (χ0n) is 12.1. The zero-order chi connectivity index (χ0) is 14.5. The zero-order valence-corrected chi connectivity index (χ0v) is 12.8. The lowest BCUT2D eigenvalue weighted by Gasteiger charge is -2.10. The molecule has 2 rings (SSSR count). The van der Waals surface area contributed by atoms with E-state index in [2.05, 4.69) is 19.2 Å². The average molecular weight is 294 g/mol. The summed E-state index contributed by atoms with van der Waals surface area (Å²) in [7, 11) is 0. The van der Waals surface area contributed by atoms with Crippen molar-refractivity contribution in [2.45, 2.75) is 40.0 Å². The van der Waals surface area contributed by atoms with E-state index in [0.29, 0.717) is 30.0 Å². The van der Waals surface area contributed by atoms with Gasteiger partial charge in [-0.2, -0.15) is 0 Å². The number of halogens is 1. The summed E-state index contributed by atoms with van der Waals surface area (Å²) in [5.74, 6) is 1.60. The highest BCUT2D eigenvalue weighted by molar-refractivity contribution is 6.32. The van der Waals surface area contributed by atoms with Crippen molar-refractivity contribution in [1.29, 1.82) is 0 Å². The van der Waals surface area contributed by atoms with Crippen LogP contribution >= 0.6 is 11.6 Å². The Balaban J connectivity index is 1.98. The van der Waals surface area contributed by atoms with Crippen molar-refractivity contribution >= 4 is 11.6 Å². The van der Waals surface area contributed by atoms with Gasteiger partial charge >= 0.3 is 0 Å². The van der Waals surface area contributed by atoms with E-state index in [4.69, 9.17) is 20.8 Å². The molecule has 20 heavy (non-hydrogen) atoms. The Morgan fingerprint density at radius 2 is 2.10 bits per heavy atom. The number of ether oxygens (including phenoxy) is 1. The van der Waals surface area contributed by atoms with E-state index >= 15 is 0 Å². The van der Waals surface area contributed by atoms with Gasteiger partial charge < -0.3 is 14.5 Å². The minimum Gasteiger partial charge on any atom is -0.487 e. The first-order chi connectivity index (χ1) is 9.56. The van der Waals surface area contributed by atoms with E-state index in [1.807, 2.05) is 31.2 Å². The summed E-state index contributed by atoms with van der Waals surface area (Å²) in [4.78, 5) is 0. The first-order valence-corrected chi connectivity index (χ1v) is 7.11. The Hall–Kier alpha value is -1.45. The summed E-state index contributed by atoms with van der Waals surface area (Å²) >= 11 is 6.15. The van der Waals surface area contributed by atoms with E-state index in [9.17, 15) is 0 Å². The third-order valence-corrected chi connectivity index (χ3v) is 3.27. The first kappa shape index (κ1) is 14.9. The average Bonchev–Trinajstić information content (AvgIpc) is 2.83. The van der Waals surface area contributed by atoms with Crippen molar-refractivity contribution in [3.05, 3.63) is 52.4 Å². The molecule has 0 amide bonds. The van der Waals surface area contributed by atoms with Crippen molar-refractivity contribution in [2.24, 2.45) is 0 Å². The second kappa shape index (κ2) is 6.82. The second-order valence-corrected chi connectivity index (χ2v) is 5.53. The van der Waals surface area contributed by atoms with Crippen LogP contribution in [-0.4, -0.2) is 6.04 Å². The molecule has 3 nitrogen and oxygen atoms in total. The molecule has 0 fully saturated rings. The van der Waals surface area contributed by atoms with Crippen LogP contribution in [0.4, 0.5) is 0 Å². The lowest BCUT2D eigenvalue weighted by atomic mass is 10.2. The summed E-state index contributed by atoms with van der Waals surface area (Å²) in [6.45, 7) is 7.36. The van der Waals surface area contributed by atoms with Crippen molar-refractivity contribution in [3.63, 3.8) is 0 Å². The van der Waals surface area contributed by atoms with Gasteiger partial charge in [-0.05, 0) is 30.7 Å². The fourth-order valence-electron chi connectivity index (χ4n) is 1.83. The number of rotatable bonds is 6. The molecule has 0 atom stereocenters. The van der Waals surface area contributed by atoms with Crippen LogP contribution in [0, 0.1) is 6.92 Å². The third kappa shape index (κ3) is 4.02. The molecule has 0 aliphatic rings. The summed E-state index contributed by atoms with van der Waals surface area (Å²) < 4.78 is 11.2. The smallest absolute Gasteiger partial charge is 0.138 e. The lowest BCUT2D eigenvalue weighted by molar-refractivity contribution is 0.301. The molecule has 1 N–H and O–H groups in total. The number of aryl methyl sites for hydroxylation is 1. The summed E-state index contributed by atoms with van der Waals surface area (Å²) in [5.41, 5.74) is 2.15. The van der Waals surface area contributed by atoms with Gasteiger partial charge in [-0.15, -0.1) is 0 Å². The monoisotopic (exact) mass is 293 g/mol. The molecule has 0 bridgehead atoms. The van der Waals surface area contributed by atoms with Gasteiger partial charge in [0.2, 0.25) is 0 Å². The summed E-state index contributed by atoms with van der Waals surface area (Å²) in [6.07, 6.45) is 1.69. The van der Waals surface area contributed by atoms with Gasteiger partial charge in [-0.25, -0.2) is 0 Å². The molecule has 2 aromatic rings. The van der Waals surface area contributed by atoms with Gasteiger partial charge in [-0.3, -0.25) is 0 Å². The van der Waals surface area contributed by atoms with Gasteiger partial charge in [0.15, 0.2) is 0 Å². The van der Waals surface area contributed by atoms with Crippen LogP contribution in [0.5, 0.6) is 5.75 Å². The topological polar surface area (TPSA) is 34.4 Å². The number of hydrogen-bond acceptors (Lipinski definition) is 3. The number of hydrogen-bond donors (Lipinski definition) is 1. The standard InChI is InChI=1S/C16H20ClNO2/c1-11(2)18-9-16-13(6-7-19-16)10-20-15-5-4-12(3)8-14(15)17/h4-8,11,18H,9-10H2,1-3H3. The van der Waals surface area contributed by atoms with Crippen LogP contribution < -0.4 is 10.1 Å². The van der Waals surface area contributed by atoms with E-state index in [-0.39, 0.29) is 0 Å². The van der Waals surface area contributed by atoms with E-state index < -0.39 is 0 Å². The van der Waals surface area contributed by atoms with Crippen LogP contribution in [0.2, 0.25) is 5.02 Å². The molecule has 0 aliphatic heterocycles. The van der Waals surface area contributed by atoms with Crippen LogP contribution in [0.1, 0.15) is 30.7 Å². The minimum atomic E-state index is 0.417. The van der Waals surface area contributed by atoms with Gasteiger partial charge in [0.1, 0.15) is 18.1 Å². The molecule has 1 aromatic heterocycles. The third-order valence-electron chi connectivity index (χ3n) is 2.98. The predicted molar refractivity (Wildman–Crippen MR) is 81.2 cm³/mol. The van der Waals surface area contributed by atoms with Crippen LogP contribution in [-0.2, 0) is 13.2 Å². The van der Waals surface area contributed by atoms with Crippen molar-refractivity contribution in [1.82, 2.24) is 5.32 Å². The fraction of sp³-hybridized carbons (Fsp3) is 0.375. The fourth-order valence-corrected chi connectivity index (χ4v) is 2.12. The summed E-state index contributed by atoms with van der Waals surface area (Å²) in [6, 6.07) is 8.12. The van der Waals surface area contributed by atoms with E-state index in [0.717, 1.165) is 16.9 Å². The Bertz CT molecular complexity index is 563. The van der Waals surface area contributed by atoms with Crippen LogP contribution in [0.25, 0.3) is 0 Å². The highest BCUT2D eigenvalue weighted by atomic mass is 35.5. The highest BCUT2D eigenvalue weighted by Crippen LogP contribution is 2.26. The Morgan fingerprint density at radius 3 is 2.80 bits per heavy atom. The molecule has 0 unspecified atom stereocenters. The molecule has 0 saturated carbocycles. The van der Waals surface area contributed by atoms with Gasteiger partial charge in [0.05, 0.1) is 17.8 Å². The van der Waals surface area contributed by atoms with Gasteiger partial charge in [-0.1, -0.05) is 31.5 Å². The molecule has 0 spiro atoms. The van der Waals surface area contributed by atoms with Gasteiger partial charge in [0.25, 0.3) is 0 Å². The number of benzene rings is 1. The maximum Gasteiger partial charge on any atom is 0.138 e. The van der Waals surface area contributed by atoms with Crippen molar-refractivity contribution in [3.8, 4) is 5.75 Å². The maximum absolute atomic E-state index is 6.15. The Labute approximate surface area is 124 Å². The largest absolute Gasteiger partial charge is 0.487 e. The quantitative estimate of drug-likeness (QED) is 0.861. The van der Waals surface area contributed by atoms with Crippen LogP contribution in [0.3, 0.4) is 0 Å². The lowest BCUT2D eigenvalue weighted by Crippen LogP contribution is -2.22. The van der Waals surface area contributed by atoms with Gasteiger partial charge in [0, 0.05) is 11.6 Å². The minimum absolute atomic E-state index is 0.417. The molecule has 1 aromatic carbocycles. The molecular formula is C16H20ClNO2. The SMILES string of the molecule is Cc1ccc(OCc2ccoc2CNC(C)C)c(Cl)c1. The van der Waals surface area contributed by atoms with Crippen molar-refractivity contribution in [2.75, 3.05) is 0 Å². The van der Waals surface area contributed by atoms with Crippen LogP contribution in [0.15, 0.2) is 34.9 Å². The second-order valence-electron chi connectivity index (χ2n) is 5.13. The normalized spacial score (nSPS) is 11.1. The Morgan fingerprint density at radius 1 is 1.30 bits per heavy atom. The number of nitrogens with one attached hydrogen (secondary N) is 1. The molecule has 108 valence electrons. The number of furan rings is 1.